The lowest BCUT2D eigenvalue weighted by molar-refractivity contribution is 0.626. The number of pyridine rings is 1. The van der Waals surface area contributed by atoms with Gasteiger partial charge >= 0.3 is 0 Å². The zero-order valence-corrected chi connectivity index (χ0v) is 11.1. The van der Waals surface area contributed by atoms with Gasteiger partial charge in [0.15, 0.2) is 0 Å². The van der Waals surface area contributed by atoms with Crippen molar-refractivity contribution in [3.63, 3.8) is 0 Å². The first-order valence-corrected chi connectivity index (χ1v) is 6.31. The summed E-state index contributed by atoms with van der Waals surface area (Å²) < 4.78 is 13.6. The Balaban J connectivity index is 1.93. The number of hydrogen-bond acceptors (Lipinski definition) is 3. The van der Waals surface area contributed by atoms with Gasteiger partial charge < -0.3 is 11.1 Å². The summed E-state index contributed by atoms with van der Waals surface area (Å²) in [5, 5.41) is 3.14. The maximum Gasteiger partial charge on any atom is 0.135 e. The van der Waals surface area contributed by atoms with Gasteiger partial charge in [0.1, 0.15) is 10.8 Å². The van der Waals surface area contributed by atoms with Crippen LogP contribution in [0, 0.1) is 5.82 Å². The van der Waals surface area contributed by atoms with Crippen molar-refractivity contribution in [2.24, 2.45) is 5.73 Å². The van der Waals surface area contributed by atoms with Crippen molar-refractivity contribution >= 4 is 22.9 Å². The standard InChI is InChI=1S/C14H14FN3S/c15-13-9-11(4-5-12(13)14(16)19)18-8-6-10-3-1-2-7-17-10/h1-5,7,9,18H,6,8H2,(H2,16,19). The monoisotopic (exact) mass is 275 g/mol. The van der Waals surface area contributed by atoms with Gasteiger partial charge in [-0.15, -0.1) is 0 Å². The Morgan fingerprint density at radius 2 is 2.16 bits per heavy atom. The van der Waals surface area contributed by atoms with Crippen molar-refractivity contribution in [2.45, 2.75) is 6.42 Å². The van der Waals surface area contributed by atoms with E-state index in [1.807, 2.05) is 18.2 Å². The van der Waals surface area contributed by atoms with Gasteiger partial charge in [-0.1, -0.05) is 18.3 Å². The fourth-order valence-corrected chi connectivity index (χ4v) is 1.87. The normalized spacial score (nSPS) is 10.2. The van der Waals surface area contributed by atoms with E-state index >= 15 is 0 Å². The van der Waals surface area contributed by atoms with E-state index < -0.39 is 5.82 Å². The van der Waals surface area contributed by atoms with Crippen LogP contribution in [-0.4, -0.2) is 16.5 Å². The third-order valence-corrected chi connectivity index (χ3v) is 2.89. The van der Waals surface area contributed by atoms with Crippen LogP contribution in [0.4, 0.5) is 10.1 Å². The average molecular weight is 275 g/mol. The molecule has 0 aliphatic carbocycles. The average Bonchev–Trinajstić information content (AvgIpc) is 2.39. The first-order chi connectivity index (χ1) is 9.16. The summed E-state index contributed by atoms with van der Waals surface area (Å²) >= 11 is 4.75. The Morgan fingerprint density at radius 1 is 1.32 bits per heavy atom. The molecule has 0 atom stereocenters. The summed E-state index contributed by atoms with van der Waals surface area (Å²) in [6, 6.07) is 10.5. The summed E-state index contributed by atoms with van der Waals surface area (Å²) in [4.78, 5) is 4.28. The highest BCUT2D eigenvalue weighted by atomic mass is 32.1. The van der Waals surface area contributed by atoms with Gasteiger partial charge in [0.05, 0.1) is 0 Å². The first kappa shape index (κ1) is 13.4. The lowest BCUT2D eigenvalue weighted by Gasteiger charge is -2.08. The fourth-order valence-electron chi connectivity index (χ4n) is 1.71. The Labute approximate surface area is 116 Å². The lowest BCUT2D eigenvalue weighted by Crippen LogP contribution is -2.12. The number of nitrogens with two attached hydrogens (primary N) is 1. The van der Waals surface area contributed by atoms with Crippen molar-refractivity contribution in [3.8, 4) is 0 Å². The molecule has 98 valence electrons. The summed E-state index contributed by atoms with van der Waals surface area (Å²) in [5.41, 5.74) is 7.37. The molecular formula is C14H14FN3S. The molecule has 1 heterocycles. The summed E-state index contributed by atoms with van der Waals surface area (Å²) in [7, 11) is 0. The maximum absolute atomic E-state index is 13.6. The summed E-state index contributed by atoms with van der Waals surface area (Å²) in [6.45, 7) is 0.683. The molecule has 3 N–H and O–H groups in total. The molecule has 19 heavy (non-hydrogen) atoms. The third kappa shape index (κ3) is 3.72. The van der Waals surface area contributed by atoms with Crippen molar-refractivity contribution in [2.75, 3.05) is 11.9 Å². The smallest absolute Gasteiger partial charge is 0.135 e. The number of thiocarbonyl (C=S) groups is 1. The largest absolute Gasteiger partial charge is 0.389 e. The van der Waals surface area contributed by atoms with Gasteiger partial charge in [-0.05, 0) is 30.3 Å². The van der Waals surface area contributed by atoms with E-state index in [2.05, 4.69) is 10.3 Å². The molecular weight excluding hydrogens is 261 g/mol. The minimum Gasteiger partial charge on any atom is -0.389 e. The van der Waals surface area contributed by atoms with Gasteiger partial charge in [-0.3, -0.25) is 4.98 Å². The van der Waals surface area contributed by atoms with Crippen LogP contribution in [0.2, 0.25) is 0 Å². The minimum absolute atomic E-state index is 0.0672. The second-order valence-electron chi connectivity index (χ2n) is 4.06. The van der Waals surface area contributed by atoms with E-state index in [0.717, 1.165) is 12.1 Å². The van der Waals surface area contributed by atoms with Crippen LogP contribution in [0.5, 0.6) is 0 Å². The number of halogens is 1. The quantitative estimate of drug-likeness (QED) is 0.823. The molecule has 0 saturated heterocycles. The van der Waals surface area contributed by atoms with Crippen LogP contribution in [-0.2, 0) is 6.42 Å². The molecule has 5 heteroatoms. The van der Waals surface area contributed by atoms with Gasteiger partial charge in [-0.2, -0.15) is 0 Å². The van der Waals surface area contributed by atoms with Crippen LogP contribution in [0.15, 0.2) is 42.6 Å². The van der Waals surface area contributed by atoms with E-state index in [1.165, 1.54) is 6.07 Å². The van der Waals surface area contributed by atoms with Crippen LogP contribution in [0.3, 0.4) is 0 Å². The SMILES string of the molecule is NC(=S)c1ccc(NCCc2ccccn2)cc1F. The number of hydrogen-bond donors (Lipinski definition) is 2. The Kier molecular flexibility index (Phi) is 4.41. The molecule has 2 aromatic rings. The number of nitrogens with one attached hydrogen (secondary N) is 1. The second-order valence-corrected chi connectivity index (χ2v) is 4.50. The molecule has 3 nitrogen and oxygen atoms in total. The van der Waals surface area contributed by atoms with Crippen LogP contribution >= 0.6 is 12.2 Å². The highest BCUT2D eigenvalue weighted by molar-refractivity contribution is 7.80. The van der Waals surface area contributed by atoms with Crippen molar-refractivity contribution < 1.29 is 4.39 Å². The predicted molar refractivity (Wildman–Crippen MR) is 78.7 cm³/mol. The van der Waals surface area contributed by atoms with E-state index in [0.29, 0.717) is 12.2 Å². The molecule has 0 fully saturated rings. The lowest BCUT2D eigenvalue weighted by atomic mass is 10.2. The highest BCUT2D eigenvalue weighted by Crippen LogP contribution is 2.14. The molecule has 0 spiro atoms. The molecule has 0 unspecified atom stereocenters. The number of aromatic nitrogens is 1. The molecule has 0 amide bonds. The Bertz CT molecular complexity index is 572. The molecule has 0 bridgehead atoms. The van der Waals surface area contributed by atoms with Crippen LogP contribution < -0.4 is 11.1 Å². The van der Waals surface area contributed by atoms with Gasteiger partial charge in [0.2, 0.25) is 0 Å². The molecule has 0 aliphatic rings. The fraction of sp³-hybridized carbons (Fsp3) is 0.143. The Morgan fingerprint density at radius 3 is 2.79 bits per heavy atom. The van der Waals surface area contributed by atoms with Crippen LogP contribution in [0.25, 0.3) is 0 Å². The molecule has 0 aliphatic heterocycles. The number of anilines is 1. The summed E-state index contributed by atoms with van der Waals surface area (Å²) in [5.74, 6) is -0.407. The summed E-state index contributed by atoms with van der Waals surface area (Å²) in [6.07, 6.45) is 2.53. The number of benzene rings is 1. The van der Waals surface area contributed by atoms with E-state index in [1.54, 1.807) is 18.3 Å². The van der Waals surface area contributed by atoms with Gasteiger partial charge in [-0.25, -0.2) is 4.39 Å². The highest BCUT2D eigenvalue weighted by Gasteiger charge is 2.05. The Hall–Kier alpha value is -2.01. The van der Waals surface area contributed by atoms with Crippen LogP contribution in [0.1, 0.15) is 11.3 Å². The predicted octanol–water partition coefficient (Wildman–Crippen LogP) is 2.51. The van der Waals surface area contributed by atoms with Crippen molar-refractivity contribution in [1.82, 2.24) is 4.98 Å². The zero-order chi connectivity index (χ0) is 13.7. The molecule has 0 radical (unpaired) electrons. The first-order valence-electron chi connectivity index (χ1n) is 5.90. The zero-order valence-electron chi connectivity index (χ0n) is 10.3. The number of nitrogens with zero attached hydrogens (tertiary/aromatic N) is 1. The van der Waals surface area contributed by atoms with E-state index in [-0.39, 0.29) is 10.6 Å². The molecule has 1 aromatic carbocycles. The van der Waals surface area contributed by atoms with Gasteiger partial charge in [0.25, 0.3) is 0 Å². The maximum atomic E-state index is 13.6. The second kappa shape index (κ2) is 6.24. The van der Waals surface area contributed by atoms with Crippen molar-refractivity contribution in [1.29, 1.82) is 0 Å². The van der Waals surface area contributed by atoms with Gasteiger partial charge in [0, 0.05) is 36.1 Å². The van der Waals surface area contributed by atoms with E-state index in [4.69, 9.17) is 18.0 Å². The molecule has 0 saturated carbocycles. The minimum atomic E-state index is -0.407. The third-order valence-electron chi connectivity index (χ3n) is 2.67. The number of rotatable bonds is 5. The van der Waals surface area contributed by atoms with E-state index in [9.17, 15) is 4.39 Å². The van der Waals surface area contributed by atoms with Crippen molar-refractivity contribution in [3.05, 3.63) is 59.7 Å². The molecule has 2 rings (SSSR count). The topological polar surface area (TPSA) is 50.9 Å². The molecule has 1 aromatic heterocycles.